The van der Waals surface area contributed by atoms with Crippen LogP contribution >= 0.6 is 0 Å². The molecule has 0 saturated heterocycles. The average molecular weight is 416 g/mol. The summed E-state index contributed by atoms with van der Waals surface area (Å²) in [4.78, 5) is 8.59. The lowest BCUT2D eigenvalue weighted by Crippen LogP contribution is -1.99. The van der Waals surface area contributed by atoms with E-state index in [2.05, 4.69) is 33.6 Å². The van der Waals surface area contributed by atoms with Crippen molar-refractivity contribution in [2.75, 3.05) is 0 Å². The number of pyridine rings is 2. The first-order valence-corrected chi connectivity index (χ1v) is 10.1. The van der Waals surface area contributed by atoms with Crippen LogP contribution in [0, 0.1) is 23.7 Å². The van der Waals surface area contributed by atoms with Crippen molar-refractivity contribution in [2.24, 2.45) is 0 Å². The maximum absolute atomic E-state index is 5.84. The van der Waals surface area contributed by atoms with E-state index >= 15 is 0 Å². The van der Waals surface area contributed by atoms with Gasteiger partial charge in [0.25, 0.3) is 0 Å². The highest BCUT2D eigenvalue weighted by atomic mass is 16.5. The van der Waals surface area contributed by atoms with Crippen LogP contribution in [0.5, 0.6) is 11.8 Å². The second kappa shape index (κ2) is 11.0. The molecule has 0 N–H and O–H groups in total. The highest BCUT2D eigenvalue weighted by Gasteiger charge is 2.03. The molecule has 154 valence electrons. The van der Waals surface area contributed by atoms with Crippen LogP contribution in [-0.4, -0.2) is 9.97 Å². The van der Waals surface area contributed by atoms with Gasteiger partial charge in [0.2, 0.25) is 11.8 Å². The Morgan fingerprint density at radius 3 is 1.41 bits per heavy atom. The highest BCUT2D eigenvalue weighted by molar-refractivity contribution is 5.49. The van der Waals surface area contributed by atoms with Crippen LogP contribution in [0.15, 0.2) is 97.3 Å². The largest absolute Gasteiger partial charge is 0.472 e. The van der Waals surface area contributed by atoms with E-state index in [-0.39, 0.29) is 0 Å². The Bertz CT molecular complexity index is 1180. The molecule has 2 aromatic heterocycles. The summed E-state index contributed by atoms with van der Waals surface area (Å²) in [5, 5.41) is 0. The van der Waals surface area contributed by atoms with Gasteiger partial charge in [-0.05, 0) is 59.1 Å². The van der Waals surface area contributed by atoms with Gasteiger partial charge in [-0.15, -0.1) is 0 Å². The minimum Gasteiger partial charge on any atom is -0.472 e. The maximum Gasteiger partial charge on any atom is 0.229 e. The molecule has 4 aromatic rings. The Morgan fingerprint density at radius 1 is 0.531 bits per heavy atom. The molecule has 0 aliphatic rings. The summed E-state index contributed by atoms with van der Waals surface area (Å²) in [5.41, 5.74) is 3.50. The lowest BCUT2D eigenvalue weighted by Gasteiger charge is -2.06. The molecular formula is C28H20N2O2. The van der Waals surface area contributed by atoms with Crippen LogP contribution in [0.4, 0.5) is 0 Å². The molecule has 0 atom stereocenters. The Kier molecular flexibility index (Phi) is 7.13. The van der Waals surface area contributed by atoms with Crippen molar-refractivity contribution in [1.82, 2.24) is 9.97 Å². The topological polar surface area (TPSA) is 44.2 Å². The number of aromatic nitrogens is 2. The van der Waals surface area contributed by atoms with Gasteiger partial charge in [-0.2, -0.15) is 0 Å². The van der Waals surface area contributed by atoms with Crippen molar-refractivity contribution in [1.29, 1.82) is 0 Å². The van der Waals surface area contributed by atoms with Crippen molar-refractivity contribution < 1.29 is 9.47 Å². The Morgan fingerprint density at radius 2 is 0.969 bits per heavy atom. The van der Waals surface area contributed by atoms with Crippen LogP contribution in [0.25, 0.3) is 0 Å². The van der Waals surface area contributed by atoms with E-state index in [0.29, 0.717) is 36.1 Å². The molecule has 4 heteroatoms. The standard InChI is InChI=1S/C28H20N2O2/c1-3-11-23(12-4-1)21-31-27-25(17-9-19-29-27)15-7-8-16-26-18-10-20-30-28(26)32-22-24-13-5-2-6-14-24/h1-6,9-14,17-20H,21-22H2. The fourth-order valence-electron chi connectivity index (χ4n) is 2.85. The van der Waals surface area contributed by atoms with E-state index in [4.69, 9.17) is 9.47 Å². The average Bonchev–Trinajstić information content (AvgIpc) is 2.86. The van der Waals surface area contributed by atoms with Gasteiger partial charge in [0.1, 0.15) is 13.2 Å². The van der Waals surface area contributed by atoms with Crippen LogP contribution in [0.1, 0.15) is 22.3 Å². The quantitative estimate of drug-likeness (QED) is 0.413. The van der Waals surface area contributed by atoms with E-state index in [1.165, 1.54) is 0 Å². The number of nitrogens with zero attached hydrogens (tertiary/aromatic N) is 2. The fraction of sp³-hybridized carbons (Fsp3) is 0.0714. The van der Waals surface area contributed by atoms with Gasteiger partial charge in [0.15, 0.2) is 0 Å². The van der Waals surface area contributed by atoms with Crippen molar-refractivity contribution >= 4 is 0 Å². The number of benzene rings is 2. The normalized spacial score (nSPS) is 9.62. The molecular weight excluding hydrogens is 396 g/mol. The molecule has 0 aliphatic carbocycles. The van der Waals surface area contributed by atoms with E-state index in [9.17, 15) is 0 Å². The third-order valence-corrected chi connectivity index (χ3v) is 4.44. The Labute approximate surface area is 187 Å². The minimum atomic E-state index is 0.427. The van der Waals surface area contributed by atoms with Gasteiger partial charge in [-0.1, -0.05) is 60.7 Å². The molecule has 0 radical (unpaired) electrons. The Balaban J connectivity index is 1.44. The van der Waals surface area contributed by atoms with Crippen LogP contribution in [0.3, 0.4) is 0 Å². The Hall–Kier alpha value is -4.54. The molecule has 32 heavy (non-hydrogen) atoms. The summed E-state index contributed by atoms with van der Waals surface area (Å²) in [6.07, 6.45) is 3.37. The van der Waals surface area contributed by atoms with Crippen molar-refractivity contribution in [2.45, 2.75) is 13.2 Å². The molecule has 0 saturated carbocycles. The third kappa shape index (κ3) is 5.98. The molecule has 2 aromatic carbocycles. The summed E-state index contributed by atoms with van der Waals surface area (Å²) in [6.45, 7) is 0.853. The van der Waals surface area contributed by atoms with Crippen LogP contribution in [0.2, 0.25) is 0 Å². The smallest absolute Gasteiger partial charge is 0.229 e. The molecule has 2 heterocycles. The monoisotopic (exact) mass is 416 g/mol. The molecule has 4 rings (SSSR count). The SMILES string of the molecule is C(C#Cc1cccnc1OCc1ccccc1)#Cc1cccnc1OCc1ccccc1. The highest BCUT2D eigenvalue weighted by Crippen LogP contribution is 2.16. The fourth-order valence-corrected chi connectivity index (χ4v) is 2.85. The van der Waals surface area contributed by atoms with E-state index in [1.54, 1.807) is 12.4 Å². The first-order chi connectivity index (χ1) is 15.9. The number of hydrogen-bond acceptors (Lipinski definition) is 4. The zero-order chi connectivity index (χ0) is 21.8. The molecule has 0 spiro atoms. The van der Waals surface area contributed by atoms with Crippen molar-refractivity contribution in [3.8, 4) is 35.4 Å². The van der Waals surface area contributed by atoms with Crippen LogP contribution < -0.4 is 9.47 Å². The predicted molar refractivity (Wildman–Crippen MR) is 124 cm³/mol. The second-order valence-electron chi connectivity index (χ2n) is 6.76. The molecule has 0 amide bonds. The molecule has 0 fully saturated rings. The summed E-state index contributed by atoms with van der Waals surface area (Å²) >= 11 is 0. The maximum atomic E-state index is 5.84. The third-order valence-electron chi connectivity index (χ3n) is 4.44. The summed E-state index contributed by atoms with van der Waals surface area (Å²) in [5.74, 6) is 12.8. The molecule has 0 bridgehead atoms. The molecule has 0 aliphatic heterocycles. The molecule has 0 unspecified atom stereocenters. The van der Waals surface area contributed by atoms with Gasteiger partial charge in [-0.3, -0.25) is 0 Å². The molecule has 4 nitrogen and oxygen atoms in total. The van der Waals surface area contributed by atoms with Gasteiger partial charge in [0.05, 0.1) is 11.1 Å². The lowest BCUT2D eigenvalue weighted by atomic mass is 10.2. The predicted octanol–water partition coefficient (Wildman–Crippen LogP) is 5.04. The van der Waals surface area contributed by atoms with Crippen LogP contribution in [-0.2, 0) is 13.2 Å². The zero-order valence-electron chi connectivity index (χ0n) is 17.4. The number of hydrogen-bond donors (Lipinski definition) is 0. The van der Waals surface area contributed by atoms with Gasteiger partial charge >= 0.3 is 0 Å². The zero-order valence-corrected chi connectivity index (χ0v) is 17.4. The van der Waals surface area contributed by atoms with E-state index in [1.807, 2.05) is 84.9 Å². The number of rotatable bonds is 6. The van der Waals surface area contributed by atoms with E-state index < -0.39 is 0 Å². The van der Waals surface area contributed by atoms with Crippen molar-refractivity contribution in [3.63, 3.8) is 0 Å². The first-order valence-electron chi connectivity index (χ1n) is 10.1. The van der Waals surface area contributed by atoms with Gasteiger partial charge in [-0.25, -0.2) is 9.97 Å². The van der Waals surface area contributed by atoms with Crippen molar-refractivity contribution in [3.05, 3.63) is 120 Å². The lowest BCUT2D eigenvalue weighted by molar-refractivity contribution is 0.293. The summed E-state index contributed by atoms with van der Waals surface area (Å²) in [6, 6.07) is 27.2. The number of ether oxygens (including phenoxy) is 2. The minimum absolute atomic E-state index is 0.427. The summed E-state index contributed by atoms with van der Waals surface area (Å²) < 4.78 is 11.7. The first kappa shape index (κ1) is 20.7. The second-order valence-corrected chi connectivity index (χ2v) is 6.76. The van der Waals surface area contributed by atoms with Gasteiger partial charge < -0.3 is 9.47 Å². The summed E-state index contributed by atoms with van der Waals surface area (Å²) in [7, 11) is 0. The van der Waals surface area contributed by atoms with E-state index in [0.717, 1.165) is 11.1 Å². The van der Waals surface area contributed by atoms with Gasteiger partial charge in [0, 0.05) is 12.4 Å².